The Hall–Kier alpha value is -2.54. The van der Waals surface area contributed by atoms with Crippen LogP contribution in [0.4, 0.5) is 5.69 Å². The van der Waals surface area contributed by atoms with Crippen LogP contribution in [0.2, 0.25) is 0 Å². The van der Waals surface area contributed by atoms with Crippen molar-refractivity contribution in [2.45, 2.75) is 13.3 Å². The van der Waals surface area contributed by atoms with E-state index in [-0.39, 0.29) is 5.91 Å². The fraction of sp³-hybridized carbons (Fsp3) is 0.316. The summed E-state index contributed by atoms with van der Waals surface area (Å²) in [6, 6.07) is 12.8. The summed E-state index contributed by atoms with van der Waals surface area (Å²) >= 11 is 0. The van der Waals surface area contributed by atoms with Crippen molar-refractivity contribution in [3.05, 3.63) is 59.2 Å². The molecule has 7 heteroatoms. The van der Waals surface area contributed by atoms with E-state index in [1.165, 1.54) is 10.6 Å². The van der Waals surface area contributed by atoms with Gasteiger partial charge in [-0.3, -0.25) is 9.10 Å². The highest BCUT2D eigenvalue weighted by Crippen LogP contribution is 2.30. The summed E-state index contributed by atoms with van der Waals surface area (Å²) < 4.78 is 30.5. The first-order valence-corrected chi connectivity index (χ1v) is 10.3. The van der Waals surface area contributed by atoms with Gasteiger partial charge >= 0.3 is 0 Å². The number of anilines is 1. The number of carbonyl (C=O) groups excluding carboxylic acids is 1. The van der Waals surface area contributed by atoms with Crippen LogP contribution in [0.1, 0.15) is 21.5 Å². The van der Waals surface area contributed by atoms with Crippen LogP contribution in [-0.4, -0.2) is 40.3 Å². The lowest BCUT2D eigenvalue weighted by Gasteiger charge is -2.16. The highest BCUT2D eigenvalue weighted by molar-refractivity contribution is 7.92. The first kappa shape index (κ1) is 18.3. The minimum absolute atomic E-state index is 0.196. The predicted octanol–water partition coefficient (Wildman–Crippen LogP) is 2.13. The third kappa shape index (κ3) is 4.16. The first-order valence-electron chi connectivity index (χ1n) is 8.43. The molecule has 0 fully saturated rings. The van der Waals surface area contributed by atoms with Crippen LogP contribution in [0.15, 0.2) is 42.5 Å². The molecule has 2 aromatic rings. The maximum Gasteiger partial charge on any atom is 0.251 e. The lowest BCUT2D eigenvalue weighted by molar-refractivity contribution is 0.0947. The molecular formula is C19H22N2O4S. The number of aryl methyl sites for hydroxylation is 1. The van der Waals surface area contributed by atoms with Crippen molar-refractivity contribution in [1.29, 1.82) is 0 Å². The first-order chi connectivity index (χ1) is 12.3. The molecule has 3 rings (SSSR count). The van der Waals surface area contributed by atoms with Crippen LogP contribution in [0, 0.1) is 6.92 Å². The van der Waals surface area contributed by atoms with E-state index in [2.05, 4.69) is 5.32 Å². The van der Waals surface area contributed by atoms with E-state index < -0.39 is 10.0 Å². The van der Waals surface area contributed by atoms with Crippen molar-refractivity contribution in [1.82, 2.24) is 5.32 Å². The van der Waals surface area contributed by atoms with Gasteiger partial charge in [0.1, 0.15) is 12.4 Å². The number of sulfonamides is 1. The van der Waals surface area contributed by atoms with Crippen molar-refractivity contribution in [3.8, 4) is 5.75 Å². The normalized spacial score (nSPS) is 13.4. The third-order valence-electron chi connectivity index (χ3n) is 4.24. The summed E-state index contributed by atoms with van der Waals surface area (Å²) in [4.78, 5) is 12.3. The molecule has 0 unspecified atom stereocenters. The maximum atomic E-state index is 12.3. The molecule has 2 aromatic carbocycles. The van der Waals surface area contributed by atoms with E-state index in [4.69, 9.17) is 4.74 Å². The second kappa shape index (κ2) is 7.37. The smallest absolute Gasteiger partial charge is 0.251 e. The summed E-state index contributed by atoms with van der Waals surface area (Å²) in [7, 11) is -3.28. The molecule has 0 aliphatic carbocycles. The fourth-order valence-electron chi connectivity index (χ4n) is 3.00. The van der Waals surface area contributed by atoms with E-state index in [0.29, 0.717) is 37.4 Å². The average molecular weight is 374 g/mol. The van der Waals surface area contributed by atoms with Crippen molar-refractivity contribution < 1.29 is 17.9 Å². The molecule has 1 aliphatic rings. The molecule has 0 atom stereocenters. The van der Waals surface area contributed by atoms with Gasteiger partial charge < -0.3 is 10.1 Å². The van der Waals surface area contributed by atoms with Crippen LogP contribution in [-0.2, 0) is 16.4 Å². The molecule has 0 aromatic heterocycles. The molecule has 1 amide bonds. The number of nitrogens with one attached hydrogen (secondary N) is 1. The van der Waals surface area contributed by atoms with Gasteiger partial charge in [0, 0.05) is 12.1 Å². The lowest BCUT2D eigenvalue weighted by Crippen LogP contribution is -2.28. The van der Waals surface area contributed by atoms with Crippen LogP contribution in [0.25, 0.3) is 0 Å². The highest BCUT2D eigenvalue weighted by atomic mass is 32.2. The van der Waals surface area contributed by atoms with Gasteiger partial charge in [0.25, 0.3) is 5.91 Å². The Kier molecular flexibility index (Phi) is 5.18. The minimum Gasteiger partial charge on any atom is -0.492 e. The van der Waals surface area contributed by atoms with Gasteiger partial charge in [-0.25, -0.2) is 8.42 Å². The molecular weight excluding hydrogens is 352 g/mol. The zero-order valence-electron chi connectivity index (χ0n) is 14.9. The Morgan fingerprint density at radius 3 is 2.77 bits per heavy atom. The van der Waals surface area contributed by atoms with Crippen molar-refractivity contribution in [3.63, 3.8) is 0 Å². The number of nitrogens with zero attached hydrogens (tertiary/aromatic N) is 1. The molecule has 1 aliphatic heterocycles. The van der Waals surface area contributed by atoms with Crippen LogP contribution in [0.5, 0.6) is 5.75 Å². The number of amides is 1. The largest absolute Gasteiger partial charge is 0.492 e. The Morgan fingerprint density at radius 1 is 1.23 bits per heavy atom. The van der Waals surface area contributed by atoms with Crippen molar-refractivity contribution >= 4 is 21.6 Å². The molecule has 0 saturated carbocycles. The van der Waals surface area contributed by atoms with E-state index in [0.717, 1.165) is 16.9 Å². The fourth-order valence-corrected chi connectivity index (χ4v) is 3.96. The Labute approximate surface area is 153 Å². The number of benzene rings is 2. The van der Waals surface area contributed by atoms with Gasteiger partial charge in [-0.15, -0.1) is 0 Å². The molecule has 0 spiro atoms. The van der Waals surface area contributed by atoms with Gasteiger partial charge in [-0.2, -0.15) is 0 Å². The van der Waals surface area contributed by atoms with Gasteiger partial charge in [-0.05, 0) is 54.8 Å². The molecule has 26 heavy (non-hydrogen) atoms. The minimum atomic E-state index is -3.28. The summed E-state index contributed by atoms with van der Waals surface area (Å²) in [5, 5.41) is 2.82. The number of ether oxygens (including phenoxy) is 1. The topological polar surface area (TPSA) is 75.7 Å². The molecule has 0 bridgehead atoms. The number of fused-ring (bicyclic) bond motifs is 1. The Morgan fingerprint density at radius 2 is 2.04 bits per heavy atom. The van der Waals surface area contributed by atoms with Gasteiger partial charge in [0.15, 0.2) is 0 Å². The second-order valence-corrected chi connectivity index (χ2v) is 8.26. The van der Waals surface area contributed by atoms with Crippen molar-refractivity contribution in [2.24, 2.45) is 0 Å². The van der Waals surface area contributed by atoms with Gasteiger partial charge in [-0.1, -0.05) is 12.1 Å². The van der Waals surface area contributed by atoms with Gasteiger partial charge in [0.05, 0.1) is 18.5 Å². The van der Waals surface area contributed by atoms with E-state index >= 15 is 0 Å². The summed E-state index contributed by atoms with van der Waals surface area (Å²) in [6.07, 6.45) is 1.80. The summed E-state index contributed by atoms with van der Waals surface area (Å²) in [5.41, 5.74) is 3.17. The van der Waals surface area contributed by atoms with Crippen LogP contribution in [0.3, 0.4) is 0 Å². The number of hydrogen-bond acceptors (Lipinski definition) is 4. The van der Waals surface area contributed by atoms with Crippen LogP contribution >= 0.6 is 0 Å². The van der Waals surface area contributed by atoms with Crippen molar-refractivity contribution in [2.75, 3.05) is 30.3 Å². The third-order valence-corrected chi connectivity index (χ3v) is 5.42. The molecule has 1 heterocycles. The zero-order valence-corrected chi connectivity index (χ0v) is 15.7. The summed E-state index contributed by atoms with van der Waals surface area (Å²) in [5.74, 6) is 0.580. The SMILES string of the molecule is Cc1cccc(OCCNC(=O)c2ccc3c(c2)CCN3S(C)(=O)=O)c1. The second-order valence-electron chi connectivity index (χ2n) is 6.35. The average Bonchev–Trinajstić information content (AvgIpc) is 3.02. The summed E-state index contributed by atoms with van der Waals surface area (Å²) in [6.45, 7) is 3.18. The maximum absolute atomic E-state index is 12.3. The number of hydrogen-bond donors (Lipinski definition) is 1. The number of rotatable bonds is 6. The molecule has 6 nitrogen and oxygen atoms in total. The lowest BCUT2D eigenvalue weighted by atomic mass is 10.1. The highest BCUT2D eigenvalue weighted by Gasteiger charge is 2.26. The quantitative estimate of drug-likeness (QED) is 0.786. The predicted molar refractivity (Wildman–Crippen MR) is 101 cm³/mol. The van der Waals surface area contributed by atoms with E-state index in [9.17, 15) is 13.2 Å². The Balaban J connectivity index is 1.56. The van der Waals surface area contributed by atoms with E-state index in [1.54, 1.807) is 18.2 Å². The molecule has 0 radical (unpaired) electrons. The van der Waals surface area contributed by atoms with Gasteiger partial charge in [0.2, 0.25) is 10.0 Å². The molecule has 138 valence electrons. The Bertz CT molecular complexity index is 925. The monoisotopic (exact) mass is 374 g/mol. The zero-order chi connectivity index (χ0) is 18.7. The number of carbonyl (C=O) groups is 1. The van der Waals surface area contributed by atoms with Crippen LogP contribution < -0.4 is 14.4 Å². The standard InChI is InChI=1S/C19H22N2O4S/c1-14-4-3-5-17(12-14)25-11-9-20-19(22)16-6-7-18-15(13-16)8-10-21(18)26(2,23)24/h3-7,12-13H,8-11H2,1-2H3,(H,20,22). The van der Waals surface area contributed by atoms with E-state index in [1.807, 2.05) is 31.2 Å². The molecule has 0 saturated heterocycles. The molecule has 1 N–H and O–H groups in total.